The van der Waals surface area contributed by atoms with E-state index in [0.29, 0.717) is 19.3 Å². The Kier molecular flexibility index (Phi) is 7.51. The zero-order valence-electron chi connectivity index (χ0n) is 18.5. The third-order valence-corrected chi connectivity index (χ3v) is 6.18. The van der Waals surface area contributed by atoms with Crippen LogP contribution in [0.15, 0.2) is 48.5 Å². The molecule has 0 fully saturated rings. The van der Waals surface area contributed by atoms with Crippen LogP contribution in [0.1, 0.15) is 56.6 Å². The van der Waals surface area contributed by atoms with Crippen LogP contribution in [-0.4, -0.2) is 41.8 Å². The zero-order chi connectivity index (χ0) is 23.1. The fraction of sp³-hybridized carbons (Fsp3) is 0.400. The summed E-state index contributed by atoms with van der Waals surface area (Å²) in [5.41, 5.74) is 3.43. The first-order valence-corrected chi connectivity index (χ1v) is 11.0. The molecule has 0 aromatic heterocycles. The minimum atomic E-state index is -1.11. The van der Waals surface area contributed by atoms with Gasteiger partial charge < -0.3 is 20.5 Å². The smallest absolute Gasteiger partial charge is 0.408 e. The quantitative estimate of drug-likeness (QED) is 0.485. The second-order valence-corrected chi connectivity index (χ2v) is 7.99. The van der Waals surface area contributed by atoms with Crippen LogP contribution < -0.4 is 10.6 Å². The molecule has 170 valence electrons. The lowest BCUT2D eigenvalue weighted by Crippen LogP contribution is -2.58. The molecule has 0 bridgehead atoms. The van der Waals surface area contributed by atoms with E-state index in [4.69, 9.17) is 9.84 Å². The molecule has 3 rings (SSSR count). The molecule has 0 atom stereocenters. The van der Waals surface area contributed by atoms with Crippen LogP contribution in [0.2, 0.25) is 0 Å². The van der Waals surface area contributed by atoms with Crippen molar-refractivity contribution in [2.45, 2.75) is 51.0 Å². The molecular weight excluding hydrogens is 408 g/mol. The zero-order valence-corrected chi connectivity index (χ0v) is 18.5. The Morgan fingerprint density at radius 1 is 0.969 bits per heavy atom. The Labute approximate surface area is 188 Å². The molecule has 32 heavy (non-hydrogen) atoms. The van der Waals surface area contributed by atoms with Crippen LogP contribution in [0.25, 0.3) is 11.1 Å². The monoisotopic (exact) mass is 438 g/mol. The van der Waals surface area contributed by atoms with E-state index in [0.717, 1.165) is 22.3 Å². The first-order valence-electron chi connectivity index (χ1n) is 11.0. The van der Waals surface area contributed by atoms with Crippen LogP contribution in [0.3, 0.4) is 0 Å². The molecule has 0 unspecified atom stereocenters. The van der Waals surface area contributed by atoms with E-state index in [1.165, 1.54) is 0 Å². The van der Waals surface area contributed by atoms with Crippen molar-refractivity contribution in [3.05, 3.63) is 59.7 Å². The minimum Gasteiger partial charge on any atom is -0.481 e. The van der Waals surface area contributed by atoms with Crippen molar-refractivity contribution >= 4 is 18.0 Å². The van der Waals surface area contributed by atoms with Crippen LogP contribution in [-0.2, 0) is 14.3 Å². The number of amides is 2. The summed E-state index contributed by atoms with van der Waals surface area (Å²) < 4.78 is 5.60. The van der Waals surface area contributed by atoms with Crippen LogP contribution >= 0.6 is 0 Å². The highest BCUT2D eigenvalue weighted by atomic mass is 16.5. The molecular formula is C25H30N2O5. The van der Waals surface area contributed by atoms with Crippen molar-refractivity contribution < 1.29 is 24.2 Å². The molecule has 0 heterocycles. The van der Waals surface area contributed by atoms with E-state index in [2.05, 4.69) is 22.8 Å². The number of fused-ring (bicyclic) bond motifs is 3. The van der Waals surface area contributed by atoms with Crippen LogP contribution in [0.5, 0.6) is 0 Å². The van der Waals surface area contributed by atoms with Gasteiger partial charge in [-0.1, -0.05) is 62.4 Å². The van der Waals surface area contributed by atoms with E-state index in [9.17, 15) is 14.4 Å². The van der Waals surface area contributed by atoms with Gasteiger partial charge in [0, 0.05) is 18.9 Å². The number of ether oxygens (including phenoxy) is 1. The number of rotatable bonds is 10. The van der Waals surface area contributed by atoms with Gasteiger partial charge in [-0.2, -0.15) is 0 Å². The van der Waals surface area contributed by atoms with Gasteiger partial charge in [0.2, 0.25) is 5.91 Å². The average molecular weight is 439 g/mol. The van der Waals surface area contributed by atoms with Crippen molar-refractivity contribution in [1.29, 1.82) is 0 Å². The van der Waals surface area contributed by atoms with Gasteiger partial charge in [0.25, 0.3) is 0 Å². The molecule has 0 saturated carbocycles. The van der Waals surface area contributed by atoms with Gasteiger partial charge in [-0.15, -0.1) is 0 Å². The number of hydrogen-bond donors (Lipinski definition) is 3. The maximum atomic E-state index is 12.8. The summed E-state index contributed by atoms with van der Waals surface area (Å²) in [4.78, 5) is 36.1. The van der Waals surface area contributed by atoms with Crippen molar-refractivity contribution in [1.82, 2.24) is 10.6 Å². The van der Waals surface area contributed by atoms with Gasteiger partial charge in [0.1, 0.15) is 12.1 Å². The molecule has 7 nitrogen and oxygen atoms in total. The molecule has 2 amide bonds. The van der Waals surface area contributed by atoms with E-state index in [1.807, 2.05) is 50.2 Å². The number of benzene rings is 2. The van der Waals surface area contributed by atoms with Crippen LogP contribution in [0.4, 0.5) is 4.79 Å². The molecule has 0 aliphatic heterocycles. The summed E-state index contributed by atoms with van der Waals surface area (Å²) in [7, 11) is 0. The lowest BCUT2D eigenvalue weighted by molar-refractivity contribution is -0.137. The van der Waals surface area contributed by atoms with Gasteiger partial charge in [-0.05, 0) is 41.5 Å². The number of carboxylic acids is 1. The fourth-order valence-electron chi connectivity index (χ4n) is 4.25. The lowest BCUT2D eigenvalue weighted by atomic mass is 9.91. The Morgan fingerprint density at radius 2 is 1.53 bits per heavy atom. The predicted octanol–water partition coefficient (Wildman–Crippen LogP) is 4.06. The van der Waals surface area contributed by atoms with Gasteiger partial charge in [-0.3, -0.25) is 9.59 Å². The Morgan fingerprint density at radius 3 is 2.06 bits per heavy atom. The number of hydrogen-bond acceptors (Lipinski definition) is 4. The second-order valence-electron chi connectivity index (χ2n) is 7.99. The SMILES string of the molecule is CCC(CC)(NC(=O)OCC1c2ccccc2-c2ccccc21)C(=O)NCCCC(=O)O. The van der Waals surface area contributed by atoms with E-state index in [-0.39, 0.29) is 31.4 Å². The predicted molar refractivity (Wildman–Crippen MR) is 121 cm³/mol. The first-order chi connectivity index (χ1) is 15.4. The largest absolute Gasteiger partial charge is 0.481 e. The second kappa shape index (κ2) is 10.3. The molecule has 1 aliphatic carbocycles. The highest BCUT2D eigenvalue weighted by Gasteiger charge is 2.37. The first kappa shape index (κ1) is 23.3. The molecule has 2 aromatic carbocycles. The Hall–Kier alpha value is -3.35. The van der Waals surface area contributed by atoms with Crippen molar-refractivity contribution in [2.75, 3.05) is 13.2 Å². The molecule has 1 aliphatic rings. The molecule has 7 heteroatoms. The normalized spacial score (nSPS) is 12.6. The van der Waals surface area contributed by atoms with Gasteiger partial charge in [0.05, 0.1) is 0 Å². The molecule has 0 spiro atoms. The van der Waals surface area contributed by atoms with E-state index < -0.39 is 17.6 Å². The third-order valence-electron chi connectivity index (χ3n) is 6.18. The number of carbonyl (C=O) groups is 3. The maximum Gasteiger partial charge on any atom is 0.408 e. The van der Waals surface area contributed by atoms with E-state index in [1.54, 1.807) is 0 Å². The number of nitrogens with one attached hydrogen (secondary N) is 2. The minimum absolute atomic E-state index is 0.0225. The summed E-state index contributed by atoms with van der Waals surface area (Å²) in [5, 5.41) is 14.2. The molecule has 0 saturated heterocycles. The van der Waals surface area contributed by atoms with Crippen molar-refractivity contribution in [3.63, 3.8) is 0 Å². The molecule has 3 N–H and O–H groups in total. The highest BCUT2D eigenvalue weighted by Crippen LogP contribution is 2.44. The summed E-state index contributed by atoms with van der Waals surface area (Å²) in [5.74, 6) is -1.30. The van der Waals surface area contributed by atoms with Gasteiger partial charge in [-0.25, -0.2) is 4.79 Å². The third kappa shape index (κ3) is 4.93. The van der Waals surface area contributed by atoms with Gasteiger partial charge >= 0.3 is 12.1 Å². The van der Waals surface area contributed by atoms with E-state index >= 15 is 0 Å². The standard InChI is InChI=1S/C25H30N2O5/c1-3-25(4-2,23(30)26-15-9-14-22(28)29)27-24(31)32-16-21-19-12-7-5-10-17(19)18-11-6-8-13-20(18)21/h5-8,10-13,21H,3-4,9,14-16H2,1-2H3,(H,26,30)(H,27,31)(H,28,29). The summed E-state index contributed by atoms with van der Waals surface area (Å²) in [6, 6.07) is 16.2. The number of aliphatic carboxylic acids is 1. The van der Waals surface area contributed by atoms with Crippen molar-refractivity contribution in [3.8, 4) is 11.1 Å². The Balaban J connectivity index is 1.64. The summed E-state index contributed by atoms with van der Waals surface area (Å²) in [6.45, 7) is 4.05. The van der Waals surface area contributed by atoms with Gasteiger partial charge in [0.15, 0.2) is 0 Å². The Bertz CT molecular complexity index is 938. The van der Waals surface area contributed by atoms with Crippen LogP contribution in [0, 0.1) is 0 Å². The fourth-order valence-corrected chi connectivity index (χ4v) is 4.25. The highest BCUT2D eigenvalue weighted by molar-refractivity contribution is 5.90. The topological polar surface area (TPSA) is 105 Å². The van der Waals surface area contributed by atoms with Crippen molar-refractivity contribution in [2.24, 2.45) is 0 Å². The number of carbonyl (C=O) groups excluding carboxylic acids is 2. The maximum absolute atomic E-state index is 12.8. The lowest BCUT2D eigenvalue weighted by Gasteiger charge is -2.31. The molecule has 2 aromatic rings. The molecule has 0 radical (unpaired) electrons. The summed E-state index contributed by atoms with van der Waals surface area (Å²) >= 11 is 0. The average Bonchev–Trinajstić information content (AvgIpc) is 3.12. The summed E-state index contributed by atoms with van der Waals surface area (Å²) in [6.07, 6.45) is 0.439. The number of alkyl carbamates (subject to hydrolysis) is 1. The number of carboxylic acid groups (broad SMARTS) is 1.